The van der Waals surface area contributed by atoms with Gasteiger partial charge in [0.15, 0.2) is 0 Å². The Hall–Kier alpha value is -0.570. The minimum Gasteiger partial charge on any atom is -0.465 e. The fraction of sp³-hybridized carbons (Fsp3) is 0.923. The van der Waals surface area contributed by atoms with Gasteiger partial charge in [-0.3, -0.25) is 4.79 Å². The van der Waals surface area contributed by atoms with E-state index < -0.39 is 0 Å². The third-order valence-corrected chi connectivity index (χ3v) is 3.26. The summed E-state index contributed by atoms with van der Waals surface area (Å²) in [5, 5.41) is 2.96. The molecule has 0 radical (unpaired) electrons. The van der Waals surface area contributed by atoms with Crippen molar-refractivity contribution in [2.45, 2.75) is 51.9 Å². The molecule has 0 aliphatic heterocycles. The number of carbonyl (C=O) groups excluding carboxylic acids is 1. The summed E-state index contributed by atoms with van der Waals surface area (Å²) in [6.07, 6.45) is 9.22. The van der Waals surface area contributed by atoms with E-state index in [1.54, 1.807) is 0 Å². The highest BCUT2D eigenvalue weighted by Gasteiger charge is 2.12. The van der Waals surface area contributed by atoms with E-state index in [2.05, 4.69) is 5.32 Å². The summed E-state index contributed by atoms with van der Waals surface area (Å²) in [7, 11) is 0. The largest absolute Gasteiger partial charge is 0.465 e. The number of likely N-dealkylation sites (N-methyl/N-ethyl adjacent to an activating group) is 1. The number of rotatable bonds is 7. The molecule has 0 unspecified atom stereocenters. The van der Waals surface area contributed by atoms with Crippen LogP contribution in [0.1, 0.15) is 51.9 Å². The van der Waals surface area contributed by atoms with E-state index in [0.717, 1.165) is 18.9 Å². The second kappa shape index (κ2) is 8.57. The number of esters is 1. The van der Waals surface area contributed by atoms with Crippen LogP contribution in [0.25, 0.3) is 0 Å². The normalized spacial score (nSPS) is 17.3. The molecule has 1 aliphatic carbocycles. The Labute approximate surface area is 98.9 Å². The van der Waals surface area contributed by atoms with Gasteiger partial charge in [-0.25, -0.2) is 0 Å². The number of ether oxygens (including phenoxy) is 1. The van der Waals surface area contributed by atoms with Gasteiger partial charge in [-0.05, 0) is 25.3 Å². The second-order valence-electron chi connectivity index (χ2n) is 4.65. The molecule has 0 heterocycles. The first-order valence-electron chi connectivity index (χ1n) is 6.69. The van der Waals surface area contributed by atoms with Crippen LogP contribution in [-0.4, -0.2) is 25.7 Å². The Morgan fingerprint density at radius 1 is 1.31 bits per heavy atom. The van der Waals surface area contributed by atoms with Crippen LogP contribution in [0.15, 0.2) is 0 Å². The minimum absolute atomic E-state index is 0.120. The third kappa shape index (κ3) is 6.11. The standard InChI is InChI=1S/C13H25NO2/c1-2-14-11-13(15)16-10-6-9-12-7-4-3-5-8-12/h12,14H,2-11H2,1H3. The fourth-order valence-electron chi connectivity index (χ4n) is 2.31. The van der Waals surface area contributed by atoms with Crippen LogP contribution >= 0.6 is 0 Å². The lowest BCUT2D eigenvalue weighted by molar-refractivity contribution is -0.142. The highest BCUT2D eigenvalue weighted by molar-refractivity contribution is 5.71. The summed E-state index contributed by atoms with van der Waals surface area (Å²) in [4.78, 5) is 11.2. The Balaban J connectivity index is 1.92. The van der Waals surface area contributed by atoms with Crippen molar-refractivity contribution < 1.29 is 9.53 Å². The van der Waals surface area contributed by atoms with E-state index in [4.69, 9.17) is 4.74 Å². The van der Waals surface area contributed by atoms with E-state index in [0.29, 0.717) is 13.2 Å². The van der Waals surface area contributed by atoms with Crippen molar-refractivity contribution in [3.05, 3.63) is 0 Å². The van der Waals surface area contributed by atoms with Gasteiger partial charge >= 0.3 is 5.97 Å². The number of hydrogen-bond acceptors (Lipinski definition) is 3. The molecule has 0 atom stereocenters. The van der Waals surface area contributed by atoms with E-state index in [1.807, 2.05) is 6.92 Å². The lowest BCUT2D eigenvalue weighted by atomic mass is 9.86. The van der Waals surface area contributed by atoms with E-state index in [9.17, 15) is 4.79 Å². The van der Waals surface area contributed by atoms with E-state index in [-0.39, 0.29) is 5.97 Å². The highest BCUT2D eigenvalue weighted by Crippen LogP contribution is 2.27. The van der Waals surface area contributed by atoms with Crippen LogP contribution in [0.4, 0.5) is 0 Å². The minimum atomic E-state index is -0.120. The van der Waals surface area contributed by atoms with Gasteiger partial charge in [-0.2, -0.15) is 0 Å². The lowest BCUT2D eigenvalue weighted by Crippen LogP contribution is -2.24. The zero-order valence-electron chi connectivity index (χ0n) is 10.5. The molecule has 0 aromatic heterocycles. The van der Waals surface area contributed by atoms with Crippen molar-refractivity contribution in [2.24, 2.45) is 5.92 Å². The van der Waals surface area contributed by atoms with Gasteiger partial charge in [-0.1, -0.05) is 39.0 Å². The molecule has 1 fully saturated rings. The first-order valence-corrected chi connectivity index (χ1v) is 6.69. The van der Waals surface area contributed by atoms with E-state index in [1.165, 1.54) is 38.5 Å². The molecule has 1 N–H and O–H groups in total. The Morgan fingerprint density at radius 2 is 2.06 bits per heavy atom. The van der Waals surface area contributed by atoms with Gasteiger partial charge in [0.05, 0.1) is 13.2 Å². The van der Waals surface area contributed by atoms with Crippen LogP contribution in [-0.2, 0) is 9.53 Å². The molecule has 0 amide bonds. The topological polar surface area (TPSA) is 38.3 Å². The molecule has 0 aromatic carbocycles. The third-order valence-electron chi connectivity index (χ3n) is 3.26. The molecule has 3 nitrogen and oxygen atoms in total. The monoisotopic (exact) mass is 227 g/mol. The maximum Gasteiger partial charge on any atom is 0.319 e. The van der Waals surface area contributed by atoms with Gasteiger partial charge in [-0.15, -0.1) is 0 Å². The van der Waals surface area contributed by atoms with Gasteiger partial charge < -0.3 is 10.1 Å². The van der Waals surface area contributed by atoms with Crippen LogP contribution in [0, 0.1) is 5.92 Å². The number of hydrogen-bond donors (Lipinski definition) is 1. The molecule has 16 heavy (non-hydrogen) atoms. The molecule has 1 aliphatic rings. The molecule has 3 heteroatoms. The Bertz CT molecular complexity index is 188. The number of nitrogens with one attached hydrogen (secondary N) is 1. The van der Waals surface area contributed by atoms with Gasteiger partial charge in [0.25, 0.3) is 0 Å². The van der Waals surface area contributed by atoms with Crippen molar-refractivity contribution in [1.82, 2.24) is 5.32 Å². The zero-order valence-corrected chi connectivity index (χ0v) is 10.5. The molecule has 1 rings (SSSR count). The molecule has 0 spiro atoms. The van der Waals surface area contributed by atoms with Crippen molar-refractivity contribution >= 4 is 5.97 Å². The predicted molar refractivity (Wildman–Crippen MR) is 65.3 cm³/mol. The molecular weight excluding hydrogens is 202 g/mol. The molecule has 0 aromatic rings. The highest BCUT2D eigenvalue weighted by atomic mass is 16.5. The maximum absolute atomic E-state index is 11.2. The summed E-state index contributed by atoms with van der Waals surface area (Å²) >= 11 is 0. The van der Waals surface area contributed by atoms with Crippen LogP contribution in [0.5, 0.6) is 0 Å². The SMILES string of the molecule is CCNCC(=O)OCCCC1CCCCC1. The fourth-order valence-corrected chi connectivity index (χ4v) is 2.31. The number of carbonyl (C=O) groups is 1. The molecule has 0 bridgehead atoms. The molecule has 1 saturated carbocycles. The molecular formula is C13H25NO2. The summed E-state index contributed by atoms with van der Waals surface area (Å²) < 4.78 is 5.13. The van der Waals surface area contributed by atoms with Crippen molar-refractivity contribution in [1.29, 1.82) is 0 Å². The first-order chi connectivity index (χ1) is 7.83. The molecule has 94 valence electrons. The quantitative estimate of drug-likeness (QED) is 0.536. The second-order valence-corrected chi connectivity index (χ2v) is 4.65. The van der Waals surface area contributed by atoms with Crippen molar-refractivity contribution in [3.63, 3.8) is 0 Å². The van der Waals surface area contributed by atoms with Gasteiger partial charge in [0, 0.05) is 0 Å². The average molecular weight is 227 g/mol. The van der Waals surface area contributed by atoms with E-state index >= 15 is 0 Å². The van der Waals surface area contributed by atoms with Crippen LogP contribution < -0.4 is 5.32 Å². The summed E-state index contributed by atoms with van der Waals surface area (Å²) in [5.74, 6) is 0.770. The summed E-state index contributed by atoms with van der Waals surface area (Å²) in [6, 6.07) is 0. The van der Waals surface area contributed by atoms with Crippen LogP contribution in [0.3, 0.4) is 0 Å². The zero-order chi connectivity index (χ0) is 11.6. The van der Waals surface area contributed by atoms with Gasteiger partial charge in [0.1, 0.15) is 0 Å². The Morgan fingerprint density at radius 3 is 2.75 bits per heavy atom. The van der Waals surface area contributed by atoms with Crippen LogP contribution in [0.2, 0.25) is 0 Å². The van der Waals surface area contributed by atoms with Gasteiger partial charge in [0.2, 0.25) is 0 Å². The predicted octanol–water partition coefficient (Wildman–Crippen LogP) is 2.50. The maximum atomic E-state index is 11.2. The lowest BCUT2D eigenvalue weighted by Gasteiger charge is -2.21. The van der Waals surface area contributed by atoms with Crippen molar-refractivity contribution in [3.8, 4) is 0 Å². The Kier molecular flexibility index (Phi) is 7.23. The smallest absolute Gasteiger partial charge is 0.319 e. The van der Waals surface area contributed by atoms with Crippen molar-refractivity contribution in [2.75, 3.05) is 19.7 Å². The summed E-state index contributed by atoms with van der Waals surface area (Å²) in [5.41, 5.74) is 0. The molecule has 0 saturated heterocycles. The first kappa shape index (κ1) is 13.5. The summed E-state index contributed by atoms with van der Waals surface area (Å²) in [6.45, 7) is 3.74. The average Bonchev–Trinajstić information content (AvgIpc) is 2.33.